The summed E-state index contributed by atoms with van der Waals surface area (Å²) in [5.41, 5.74) is 0. The molecule has 0 bridgehead atoms. The van der Waals surface area contributed by atoms with Gasteiger partial charge in [0.2, 0.25) is 0 Å². The van der Waals surface area contributed by atoms with E-state index in [4.69, 9.17) is 0 Å². The minimum absolute atomic E-state index is 1.54. The van der Waals surface area contributed by atoms with Crippen molar-refractivity contribution in [3.05, 3.63) is 0 Å². The van der Waals surface area contributed by atoms with E-state index in [1.807, 2.05) is 0 Å². The smallest absolute Gasteiger partial charge is 0.285 e. The van der Waals surface area contributed by atoms with Crippen LogP contribution in [-0.4, -0.2) is 89.3 Å². The lowest BCUT2D eigenvalue weighted by Gasteiger charge is -2.41. The average molecular weight is 759 g/mol. The van der Waals surface area contributed by atoms with Crippen LogP contribution in [-0.2, 0) is 9.59 Å². The van der Waals surface area contributed by atoms with Crippen molar-refractivity contribution in [2.45, 2.75) is 77.5 Å². The Morgan fingerprint density at radius 3 is 0.587 bits per heavy atom. The molecule has 0 atom stereocenters. The SMILES string of the molecule is O=C(NC(=O)C(F)(F)C(F)(F)C(F)(F)C(F)(F)C(F)(F)C(F)(F)C(F)(F)F)C(F)(F)C(F)(F)C(F)(F)C(F)(F)C(F)(F)C(F)(F)F. The number of hydrogen-bond donors (Lipinski definition) is 1. The Labute approximate surface area is 228 Å². The maximum absolute atomic E-state index is 13.6. The van der Waals surface area contributed by atoms with Gasteiger partial charge in [-0.2, -0.15) is 123 Å². The van der Waals surface area contributed by atoms with Crippen LogP contribution >= 0.6 is 0 Å². The molecule has 0 aromatic heterocycles. The van der Waals surface area contributed by atoms with Crippen LogP contribution in [0.2, 0.25) is 0 Å². The molecule has 0 aliphatic carbocycles. The molecule has 0 radical (unpaired) electrons. The molecule has 0 fully saturated rings. The minimum Gasteiger partial charge on any atom is -0.285 e. The molecule has 0 aromatic rings. The summed E-state index contributed by atoms with van der Waals surface area (Å²) in [6.07, 6.45) is -16.2. The second-order valence-corrected chi connectivity index (χ2v) is 8.10. The van der Waals surface area contributed by atoms with E-state index in [0.29, 0.717) is 0 Å². The van der Waals surface area contributed by atoms with Crippen LogP contribution in [0.4, 0.5) is 123 Å². The van der Waals surface area contributed by atoms with Crippen LogP contribution in [0.3, 0.4) is 0 Å². The molecule has 0 aliphatic rings. The van der Waals surface area contributed by atoms with Gasteiger partial charge >= 0.3 is 89.3 Å². The Kier molecular flexibility index (Phi) is 9.94. The zero-order valence-electron chi connectivity index (χ0n) is 19.4. The van der Waals surface area contributed by atoms with Gasteiger partial charge < -0.3 is 0 Å². The Morgan fingerprint density at radius 1 is 0.261 bits per heavy atom. The van der Waals surface area contributed by atoms with Crippen molar-refractivity contribution in [1.82, 2.24) is 5.32 Å². The molecule has 0 rings (SSSR count). The lowest BCUT2D eigenvalue weighted by atomic mass is 9.90. The standard InChI is InChI=1S/C15HF28NO2/c16-3(17,5(20,21)7(24,25)9(28,29)11(32,33)13(36,37)15(41,42)43)1(45)44-2(46)4(18,19)6(22,23)8(26,27)10(30,31)12(34,35)14(38,39)40/h(H,44,45,46). The Bertz CT molecular complexity index is 1170. The number of nitrogens with one attached hydrogen (secondary N) is 1. The van der Waals surface area contributed by atoms with Crippen LogP contribution in [0.15, 0.2) is 0 Å². The first-order valence-corrected chi connectivity index (χ1v) is 9.45. The zero-order valence-corrected chi connectivity index (χ0v) is 19.4. The van der Waals surface area contributed by atoms with Gasteiger partial charge in [0, 0.05) is 0 Å². The maximum atomic E-state index is 13.6. The van der Waals surface area contributed by atoms with Gasteiger partial charge in [0.25, 0.3) is 0 Å². The fourth-order valence-corrected chi connectivity index (χ4v) is 2.28. The van der Waals surface area contributed by atoms with E-state index < -0.39 is 94.6 Å². The highest BCUT2D eigenvalue weighted by atomic mass is 19.4. The van der Waals surface area contributed by atoms with E-state index in [9.17, 15) is 133 Å². The summed E-state index contributed by atoms with van der Waals surface area (Å²) < 4.78 is 363. The molecule has 2 amide bonds. The van der Waals surface area contributed by atoms with E-state index in [1.54, 1.807) is 0 Å². The van der Waals surface area contributed by atoms with Crippen molar-refractivity contribution in [2.24, 2.45) is 0 Å². The number of halogens is 28. The molecular weight excluding hydrogens is 758 g/mol. The van der Waals surface area contributed by atoms with Crippen LogP contribution < -0.4 is 5.32 Å². The fourth-order valence-electron chi connectivity index (χ4n) is 2.28. The lowest BCUT2D eigenvalue weighted by Crippen LogP contribution is -2.75. The third-order valence-corrected chi connectivity index (χ3v) is 5.06. The predicted molar refractivity (Wildman–Crippen MR) is 79.7 cm³/mol. The molecule has 0 aliphatic heterocycles. The van der Waals surface area contributed by atoms with Gasteiger partial charge in [-0.15, -0.1) is 0 Å². The van der Waals surface area contributed by atoms with Gasteiger partial charge in [0.15, 0.2) is 0 Å². The Balaban J connectivity index is 6.88. The van der Waals surface area contributed by atoms with E-state index in [-0.39, 0.29) is 0 Å². The van der Waals surface area contributed by atoms with E-state index in [2.05, 4.69) is 0 Å². The van der Waals surface area contributed by atoms with Gasteiger partial charge in [0.1, 0.15) is 0 Å². The van der Waals surface area contributed by atoms with Crippen LogP contribution in [0.25, 0.3) is 0 Å². The number of hydrogen-bond acceptors (Lipinski definition) is 2. The number of alkyl halides is 28. The van der Waals surface area contributed by atoms with Crippen molar-refractivity contribution in [3.63, 3.8) is 0 Å². The van der Waals surface area contributed by atoms with Gasteiger partial charge in [-0.25, -0.2) is 0 Å². The first-order valence-electron chi connectivity index (χ1n) is 9.45. The van der Waals surface area contributed by atoms with Gasteiger partial charge in [-0.05, 0) is 0 Å². The summed E-state index contributed by atoms with van der Waals surface area (Å²) in [7, 11) is 0. The number of imide groups is 1. The average Bonchev–Trinajstić information content (AvgIpc) is 2.81. The molecule has 0 saturated heterocycles. The summed E-state index contributed by atoms with van der Waals surface area (Å²) in [5.74, 6) is -107. The summed E-state index contributed by atoms with van der Waals surface area (Å²) in [4.78, 5) is 21.9. The molecule has 0 aromatic carbocycles. The molecule has 1 N–H and O–H groups in total. The number of carbonyl (C=O) groups is 2. The first kappa shape index (κ1) is 43.2. The monoisotopic (exact) mass is 759 g/mol. The highest BCUT2D eigenvalue weighted by molar-refractivity contribution is 6.02. The van der Waals surface area contributed by atoms with Gasteiger partial charge in [0.05, 0.1) is 0 Å². The molecular formula is C15HF28NO2. The van der Waals surface area contributed by atoms with Crippen molar-refractivity contribution < 1.29 is 133 Å². The lowest BCUT2D eigenvalue weighted by molar-refractivity contribution is -0.449. The summed E-state index contributed by atoms with van der Waals surface area (Å²) in [6.45, 7) is 0. The van der Waals surface area contributed by atoms with Crippen molar-refractivity contribution in [1.29, 1.82) is 0 Å². The fraction of sp³-hybridized carbons (Fsp3) is 0.867. The minimum atomic E-state index is -9.19. The van der Waals surface area contributed by atoms with Crippen LogP contribution in [0, 0.1) is 0 Å². The van der Waals surface area contributed by atoms with E-state index >= 15 is 0 Å². The van der Waals surface area contributed by atoms with Crippen molar-refractivity contribution in [2.75, 3.05) is 0 Å². The van der Waals surface area contributed by atoms with E-state index in [0.717, 1.165) is 0 Å². The third kappa shape index (κ3) is 5.28. The van der Waals surface area contributed by atoms with Gasteiger partial charge in [-0.3, -0.25) is 14.9 Å². The molecule has 0 saturated carbocycles. The van der Waals surface area contributed by atoms with Crippen molar-refractivity contribution in [3.8, 4) is 0 Å². The predicted octanol–water partition coefficient (Wildman–Crippen LogP) is 7.74. The quantitative estimate of drug-likeness (QED) is 0.219. The molecule has 0 spiro atoms. The Morgan fingerprint density at radius 2 is 0.413 bits per heavy atom. The molecule has 31 heteroatoms. The third-order valence-electron chi connectivity index (χ3n) is 5.06. The summed E-state index contributed by atoms with van der Waals surface area (Å²) >= 11 is 0. The summed E-state index contributed by atoms with van der Waals surface area (Å²) in [5, 5.41) is -1.54. The highest BCUT2D eigenvalue weighted by Gasteiger charge is 2.95. The van der Waals surface area contributed by atoms with E-state index in [1.165, 1.54) is 0 Å². The first-order chi connectivity index (χ1) is 19.3. The zero-order chi connectivity index (χ0) is 38.4. The number of carbonyl (C=O) groups excluding carboxylic acids is 2. The molecule has 3 nitrogen and oxygen atoms in total. The largest absolute Gasteiger partial charge is 0.460 e. The van der Waals surface area contributed by atoms with Crippen molar-refractivity contribution >= 4 is 11.8 Å². The van der Waals surface area contributed by atoms with Gasteiger partial charge in [-0.1, -0.05) is 0 Å². The second-order valence-electron chi connectivity index (χ2n) is 8.10. The number of amides is 2. The van der Waals surface area contributed by atoms with Crippen LogP contribution in [0.1, 0.15) is 0 Å². The molecule has 46 heavy (non-hydrogen) atoms. The molecule has 0 heterocycles. The Hall–Kier alpha value is -2.82. The molecule has 0 unspecified atom stereocenters. The topological polar surface area (TPSA) is 46.2 Å². The highest BCUT2D eigenvalue weighted by Crippen LogP contribution is 2.63. The maximum Gasteiger partial charge on any atom is 0.460 e. The summed E-state index contributed by atoms with van der Waals surface area (Å²) in [6, 6.07) is 0. The van der Waals surface area contributed by atoms with Crippen LogP contribution in [0.5, 0.6) is 0 Å². The normalized spacial score (nSPS) is 16.4. The second kappa shape index (κ2) is 10.6. The molecule has 274 valence electrons. The number of rotatable bonds is 11.